The minimum atomic E-state index is -0.625. The fourth-order valence-electron chi connectivity index (χ4n) is 4.29. The molecule has 26 heavy (non-hydrogen) atoms. The zero-order chi connectivity index (χ0) is 18.1. The van der Waals surface area contributed by atoms with Gasteiger partial charge in [-0.05, 0) is 55.9 Å². The van der Waals surface area contributed by atoms with Gasteiger partial charge in [0.25, 0.3) is 0 Å². The first-order valence-electron chi connectivity index (χ1n) is 9.22. The summed E-state index contributed by atoms with van der Waals surface area (Å²) in [7, 11) is 0. The standard InChI is InChI=1S/C20H25N3O3/c1-13-20(3-2-6-21-13)26-17-7-14-10-23(11-15(14)8-17)12-19(25)18-5-4-16(24)9-22-18/h2-6,9,14-15,17,19,24-25H,7-8,10-12H2,1H3/t14-,15+,17?,19?. The minimum absolute atomic E-state index is 0.117. The van der Waals surface area contributed by atoms with Gasteiger partial charge in [0.2, 0.25) is 0 Å². The Balaban J connectivity index is 1.29. The lowest BCUT2D eigenvalue weighted by atomic mass is 10.0. The average Bonchev–Trinajstić information content (AvgIpc) is 3.15. The van der Waals surface area contributed by atoms with E-state index in [0.29, 0.717) is 24.1 Å². The fourth-order valence-corrected chi connectivity index (χ4v) is 4.29. The summed E-state index contributed by atoms with van der Waals surface area (Å²) < 4.78 is 6.18. The maximum absolute atomic E-state index is 10.4. The Hall–Kier alpha value is -2.18. The van der Waals surface area contributed by atoms with Crippen LogP contribution in [0.1, 0.15) is 30.3 Å². The number of hydrogen-bond acceptors (Lipinski definition) is 6. The number of β-amino-alcohol motifs (C(OH)–C–C–N with tert-alkyl or cyclic N) is 1. The SMILES string of the molecule is Cc1ncccc1OC1C[C@@H]2CN(CC(O)c3ccc(O)cn3)C[C@@H]2C1. The normalized spacial score (nSPS) is 26.6. The first-order valence-corrected chi connectivity index (χ1v) is 9.22. The van der Waals surface area contributed by atoms with Crippen LogP contribution in [0.15, 0.2) is 36.7 Å². The second-order valence-corrected chi connectivity index (χ2v) is 7.49. The fraction of sp³-hybridized carbons (Fsp3) is 0.500. The zero-order valence-electron chi connectivity index (χ0n) is 15.0. The van der Waals surface area contributed by atoms with E-state index in [4.69, 9.17) is 4.74 Å². The number of rotatable bonds is 5. The quantitative estimate of drug-likeness (QED) is 0.857. The summed E-state index contributed by atoms with van der Waals surface area (Å²) in [6.07, 6.45) is 4.92. The molecule has 0 amide bonds. The van der Waals surface area contributed by atoms with E-state index in [-0.39, 0.29) is 11.9 Å². The molecule has 2 aromatic rings. The molecule has 4 atom stereocenters. The van der Waals surface area contributed by atoms with E-state index < -0.39 is 6.10 Å². The van der Waals surface area contributed by atoms with Crippen molar-refractivity contribution in [1.29, 1.82) is 0 Å². The lowest BCUT2D eigenvalue weighted by Crippen LogP contribution is -2.29. The Morgan fingerprint density at radius 3 is 2.62 bits per heavy atom. The highest BCUT2D eigenvalue weighted by molar-refractivity contribution is 5.26. The van der Waals surface area contributed by atoms with Gasteiger partial charge in [0.05, 0.1) is 23.7 Å². The molecular weight excluding hydrogens is 330 g/mol. The number of aliphatic hydroxyl groups is 1. The number of nitrogens with zero attached hydrogens (tertiary/aromatic N) is 3. The summed E-state index contributed by atoms with van der Waals surface area (Å²) in [5, 5.41) is 19.7. The van der Waals surface area contributed by atoms with Crippen LogP contribution in [0.5, 0.6) is 11.5 Å². The topological polar surface area (TPSA) is 78.7 Å². The molecule has 2 fully saturated rings. The van der Waals surface area contributed by atoms with Gasteiger partial charge in [-0.15, -0.1) is 0 Å². The van der Waals surface area contributed by atoms with Gasteiger partial charge >= 0.3 is 0 Å². The maximum atomic E-state index is 10.4. The molecule has 1 saturated heterocycles. The molecule has 4 rings (SSSR count). The Morgan fingerprint density at radius 1 is 1.19 bits per heavy atom. The Kier molecular flexibility index (Phi) is 4.78. The van der Waals surface area contributed by atoms with E-state index in [2.05, 4.69) is 14.9 Å². The largest absolute Gasteiger partial charge is 0.506 e. The average molecular weight is 355 g/mol. The van der Waals surface area contributed by atoms with Crippen molar-refractivity contribution in [3.8, 4) is 11.5 Å². The number of aromatic nitrogens is 2. The summed E-state index contributed by atoms with van der Waals surface area (Å²) in [6, 6.07) is 7.14. The van der Waals surface area contributed by atoms with E-state index in [1.165, 1.54) is 6.20 Å². The van der Waals surface area contributed by atoms with Gasteiger partial charge in [0.1, 0.15) is 17.6 Å². The summed E-state index contributed by atoms with van der Waals surface area (Å²) in [5.74, 6) is 2.25. The molecule has 1 saturated carbocycles. The molecule has 6 heteroatoms. The molecule has 138 valence electrons. The van der Waals surface area contributed by atoms with Crippen LogP contribution >= 0.6 is 0 Å². The molecule has 2 aliphatic rings. The van der Waals surface area contributed by atoms with Crippen molar-refractivity contribution in [2.24, 2.45) is 11.8 Å². The van der Waals surface area contributed by atoms with Crippen LogP contribution in [0.4, 0.5) is 0 Å². The molecular formula is C20H25N3O3. The van der Waals surface area contributed by atoms with E-state index in [9.17, 15) is 10.2 Å². The predicted molar refractivity (Wildman–Crippen MR) is 96.9 cm³/mol. The Labute approximate surface area is 153 Å². The van der Waals surface area contributed by atoms with Gasteiger partial charge in [-0.2, -0.15) is 0 Å². The number of hydrogen-bond donors (Lipinski definition) is 2. The van der Waals surface area contributed by atoms with Crippen molar-refractivity contribution in [2.75, 3.05) is 19.6 Å². The second kappa shape index (κ2) is 7.21. The monoisotopic (exact) mass is 355 g/mol. The molecule has 6 nitrogen and oxygen atoms in total. The number of likely N-dealkylation sites (tertiary alicyclic amines) is 1. The summed E-state index contributed by atoms with van der Waals surface area (Å²) in [4.78, 5) is 10.7. The number of aromatic hydroxyl groups is 1. The van der Waals surface area contributed by atoms with Crippen molar-refractivity contribution in [1.82, 2.24) is 14.9 Å². The molecule has 0 aromatic carbocycles. The van der Waals surface area contributed by atoms with Crippen LogP contribution in [0.3, 0.4) is 0 Å². The van der Waals surface area contributed by atoms with E-state index >= 15 is 0 Å². The van der Waals surface area contributed by atoms with Crippen molar-refractivity contribution in [2.45, 2.75) is 32.0 Å². The van der Waals surface area contributed by atoms with Crippen LogP contribution in [0.2, 0.25) is 0 Å². The van der Waals surface area contributed by atoms with Crippen LogP contribution in [0.25, 0.3) is 0 Å². The molecule has 2 aromatic heterocycles. The third kappa shape index (κ3) is 3.66. The predicted octanol–water partition coefficient (Wildman–Crippen LogP) is 2.31. The minimum Gasteiger partial charge on any atom is -0.506 e. The highest BCUT2D eigenvalue weighted by Gasteiger charge is 2.42. The molecule has 1 aliphatic carbocycles. The van der Waals surface area contributed by atoms with Crippen molar-refractivity contribution in [3.05, 3.63) is 48.0 Å². The number of ether oxygens (including phenoxy) is 1. The van der Waals surface area contributed by atoms with Gasteiger partial charge in [-0.1, -0.05) is 0 Å². The Morgan fingerprint density at radius 2 is 1.96 bits per heavy atom. The summed E-state index contributed by atoms with van der Waals surface area (Å²) in [5.41, 5.74) is 1.55. The van der Waals surface area contributed by atoms with Gasteiger partial charge in [0.15, 0.2) is 0 Å². The van der Waals surface area contributed by atoms with Gasteiger partial charge < -0.3 is 14.9 Å². The lowest BCUT2D eigenvalue weighted by molar-refractivity contribution is 0.113. The number of fused-ring (bicyclic) bond motifs is 1. The van der Waals surface area contributed by atoms with Crippen LogP contribution < -0.4 is 4.74 Å². The van der Waals surface area contributed by atoms with Crippen molar-refractivity contribution in [3.63, 3.8) is 0 Å². The van der Waals surface area contributed by atoms with E-state index in [1.54, 1.807) is 18.3 Å². The number of aliphatic hydroxyl groups excluding tert-OH is 1. The molecule has 1 aliphatic heterocycles. The van der Waals surface area contributed by atoms with Crippen molar-refractivity contribution >= 4 is 0 Å². The molecule has 0 radical (unpaired) electrons. The van der Waals surface area contributed by atoms with Crippen LogP contribution in [-0.2, 0) is 0 Å². The summed E-state index contributed by atoms with van der Waals surface area (Å²) >= 11 is 0. The first-order chi connectivity index (χ1) is 12.6. The van der Waals surface area contributed by atoms with Gasteiger partial charge in [-0.25, -0.2) is 0 Å². The molecule has 0 bridgehead atoms. The van der Waals surface area contributed by atoms with Gasteiger partial charge in [-0.3, -0.25) is 14.9 Å². The Bertz CT molecular complexity index is 738. The highest BCUT2D eigenvalue weighted by Crippen LogP contribution is 2.40. The molecule has 2 N–H and O–H groups in total. The van der Waals surface area contributed by atoms with Crippen molar-refractivity contribution < 1.29 is 14.9 Å². The third-order valence-corrected chi connectivity index (χ3v) is 5.58. The highest BCUT2D eigenvalue weighted by atomic mass is 16.5. The summed E-state index contributed by atoms with van der Waals surface area (Å²) in [6.45, 7) is 4.54. The third-order valence-electron chi connectivity index (χ3n) is 5.58. The van der Waals surface area contributed by atoms with Crippen LogP contribution in [-0.4, -0.2) is 50.8 Å². The number of aryl methyl sites for hydroxylation is 1. The first kappa shape index (κ1) is 17.2. The molecule has 3 heterocycles. The number of pyridine rings is 2. The van der Waals surface area contributed by atoms with Crippen LogP contribution in [0, 0.1) is 18.8 Å². The molecule has 0 spiro atoms. The molecule has 2 unspecified atom stereocenters. The second-order valence-electron chi connectivity index (χ2n) is 7.49. The maximum Gasteiger partial charge on any atom is 0.140 e. The zero-order valence-corrected chi connectivity index (χ0v) is 15.0. The van der Waals surface area contributed by atoms with E-state index in [0.717, 1.165) is 37.4 Å². The smallest absolute Gasteiger partial charge is 0.140 e. The lowest BCUT2D eigenvalue weighted by Gasteiger charge is -2.22. The van der Waals surface area contributed by atoms with Gasteiger partial charge in [0, 0.05) is 25.8 Å². The van der Waals surface area contributed by atoms with E-state index in [1.807, 2.05) is 19.1 Å².